The Morgan fingerprint density at radius 3 is 2.57 bits per heavy atom. The molecule has 0 amide bonds. The third-order valence-electron chi connectivity index (χ3n) is 1.71. The van der Waals surface area contributed by atoms with Gasteiger partial charge >= 0.3 is 0 Å². The Balaban J connectivity index is 2.60. The van der Waals surface area contributed by atoms with Crippen LogP contribution in [0.4, 0.5) is 0 Å². The Hall–Kier alpha value is -0.540. The van der Waals surface area contributed by atoms with Crippen LogP contribution in [-0.4, -0.2) is 17.8 Å². The number of benzene rings is 1. The lowest BCUT2D eigenvalue weighted by molar-refractivity contribution is -0.122. The molecule has 1 aromatic carbocycles. The molecule has 0 aliphatic heterocycles. The number of hydrogen-bond acceptors (Lipinski definition) is 2. The molecule has 0 spiro atoms. The highest BCUT2D eigenvalue weighted by Crippen LogP contribution is 2.17. The fourth-order valence-corrected chi connectivity index (χ4v) is 1.37. The van der Waals surface area contributed by atoms with Gasteiger partial charge in [0.25, 0.3) is 0 Å². The fraction of sp³-hybridized carbons (Fsp3) is 0.300. The molecule has 0 fully saturated rings. The summed E-state index contributed by atoms with van der Waals surface area (Å²) in [5.74, 6) is 0.534. The maximum atomic E-state index is 11.1. The van der Waals surface area contributed by atoms with Gasteiger partial charge in [-0.15, -0.1) is 11.6 Å². The van der Waals surface area contributed by atoms with E-state index >= 15 is 0 Å². The molecule has 1 aromatic rings. The van der Waals surface area contributed by atoms with Crippen LogP contribution in [0.3, 0.4) is 0 Å². The van der Waals surface area contributed by atoms with Crippen LogP contribution < -0.4 is 4.74 Å². The Bertz CT molecular complexity index is 310. The Morgan fingerprint density at radius 1 is 1.50 bits per heavy atom. The number of rotatable bonds is 4. The van der Waals surface area contributed by atoms with Crippen LogP contribution in [0.1, 0.15) is 6.92 Å². The summed E-state index contributed by atoms with van der Waals surface area (Å²) in [4.78, 5) is 11.1. The Labute approximate surface area is 96.3 Å². The zero-order chi connectivity index (χ0) is 10.6. The lowest BCUT2D eigenvalue weighted by atomic mass is 10.3. The van der Waals surface area contributed by atoms with Gasteiger partial charge in [-0.1, -0.05) is 15.9 Å². The van der Waals surface area contributed by atoms with Gasteiger partial charge in [-0.05, 0) is 31.2 Å². The van der Waals surface area contributed by atoms with Gasteiger partial charge in [0.1, 0.15) is 5.75 Å². The number of carbonyl (C=O) groups is 1. The standard InChI is InChI=1S/C10H10BrClO2/c1-7(10(13)6-12)14-9-4-2-8(11)3-5-9/h2-5,7H,6H2,1H3. The molecule has 1 unspecified atom stereocenters. The van der Waals surface area contributed by atoms with Gasteiger partial charge in [-0.25, -0.2) is 0 Å². The van der Waals surface area contributed by atoms with E-state index in [1.165, 1.54) is 0 Å². The molecule has 0 N–H and O–H groups in total. The van der Waals surface area contributed by atoms with Crippen molar-refractivity contribution in [1.82, 2.24) is 0 Å². The van der Waals surface area contributed by atoms with Gasteiger partial charge in [0, 0.05) is 4.47 Å². The first kappa shape index (κ1) is 11.5. The number of ketones is 1. The van der Waals surface area contributed by atoms with Crippen LogP contribution in [0.15, 0.2) is 28.7 Å². The average Bonchev–Trinajstić information content (AvgIpc) is 2.20. The van der Waals surface area contributed by atoms with Crippen LogP contribution in [0.5, 0.6) is 5.75 Å². The third-order valence-corrected chi connectivity index (χ3v) is 2.50. The van der Waals surface area contributed by atoms with E-state index in [0.29, 0.717) is 5.75 Å². The number of halogens is 2. The van der Waals surface area contributed by atoms with Gasteiger partial charge in [0.2, 0.25) is 0 Å². The van der Waals surface area contributed by atoms with E-state index in [-0.39, 0.29) is 11.7 Å². The molecule has 1 atom stereocenters. The minimum atomic E-state index is -0.492. The van der Waals surface area contributed by atoms with Crippen LogP contribution in [-0.2, 0) is 4.79 Å². The van der Waals surface area contributed by atoms with Crippen molar-refractivity contribution < 1.29 is 9.53 Å². The van der Waals surface area contributed by atoms with Gasteiger partial charge in [-0.3, -0.25) is 4.79 Å². The SMILES string of the molecule is CC(Oc1ccc(Br)cc1)C(=O)CCl. The third kappa shape index (κ3) is 3.31. The average molecular weight is 278 g/mol. The van der Waals surface area contributed by atoms with Crippen molar-refractivity contribution >= 4 is 33.3 Å². The number of hydrogen-bond donors (Lipinski definition) is 0. The minimum absolute atomic E-state index is 0.0162. The largest absolute Gasteiger partial charge is 0.483 e. The van der Waals surface area contributed by atoms with E-state index in [4.69, 9.17) is 16.3 Å². The lowest BCUT2D eigenvalue weighted by Crippen LogP contribution is -2.24. The van der Waals surface area contributed by atoms with Crippen LogP contribution in [0, 0.1) is 0 Å². The van der Waals surface area contributed by atoms with E-state index in [2.05, 4.69) is 15.9 Å². The summed E-state index contributed by atoms with van der Waals surface area (Å²) in [6.45, 7) is 1.69. The second-order valence-corrected chi connectivity index (χ2v) is 4.00. The molecule has 1 rings (SSSR count). The molecule has 4 heteroatoms. The van der Waals surface area contributed by atoms with Crippen molar-refractivity contribution in [2.24, 2.45) is 0 Å². The molecule has 0 heterocycles. The normalized spacial score (nSPS) is 12.2. The highest BCUT2D eigenvalue weighted by molar-refractivity contribution is 9.10. The number of ether oxygens (including phenoxy) is 1. The molecule has 0 aliphatic carbocycles. The smallest absolute Gasteiger partial charge is 0.187 e. The van der Waals surface area contributed by atoms with E-state index in [1.807, 2.05) is 12.1 Å². The summed E-state index contributed by atoms with van der Waals surface area (Å²) in [7, 11) is 0. The maximum absolute atomic E-state index is 11.1. The van der Waals surface area contributed by atoms with Gasteiger partial charge in [0.15, 0.2) is 11.9 Å². The first-order chi connectivity index (χ1) is 6.63. The molecule has 2 nitrogen and oxygen atoms in total. The van der Waals surface area contributed by atoms with Crippen LogP contribution in [0.2, 0.25) is 0 Å². The molecule has 76 valence electrons. The first-order valence-electron chi connectivity index (χ1n) is 4.14. The van der Waals surface area contributed by atoms with Gasteiger partial charge in [0.05, 0.1) is 5.88 Å². The molecular weight excluding hydrogens is 267 g/mol. The summed E-state index contributed by atoms with van der Waals surface area (Å²) in [6, 6.07) is 7.30. The van der Waals surface area contributed by atoms with Gasteiger partial charge < -0.3 is 4.74 Å². The molecule has 0 saturated carbocycles. The van der Waals surface area contributed by atoms with Crippen LogP contribution in [0.25, 0.3) is 0 Å². The monoisotopic (exact) mass is 276 g/mol. The van der Waals surface area contributed by atoms with Crippen molar-refractivity contribution in [3.8, 4) is 5.75 Å². The molecular formula is C10H10BrClO2. The summed E-state index contributed by atoms with van der Waals surface area (Å²) in [6.07, 6.45) is -0.492. The second-order valence-electron chi connectivity index (χ2n) is 2.81. The predicted octanol–water partition coefficient (Wildman–Crippen LogP) is 3.02. The van der Waals surface area contributed by atoms with E-state index < -0.39 is 6.10 Å². The minimum Gasteiger partial charge on any atom is -0.483 e. The summed E-state index contributed by atoms with van der Waals surface area (Å²) >= 11 is 8.71. The van der Waals surface area contributed by atoms with Crippen molar-refractivity contribution in [3.05, 3.63) is 28.7 Å². The van der Waals surface area contributed by atoms with E-state index in [9.17, 15) is 4.79 Å². The predicted molar refractivity (Wildman–Crippen MR) is 60.0 cm³/mol. The number of alkyl halides is 1. The molecule has 0 saturated heterocycles. The summed E-state index contributed by atoms with van der Waals surface area (Å²) in [5.41, 5.74) is 0. The van der Waals surface area contributed by atoms with Crippen LogP contribution >= 0.6 is 27.5 Å². The molecule has 14 heavy (non-hydrogen) atoms. The zero-order valence-electron chi connectivity index (χ0n) is 7.67. The topological polar surface area (TPSA) is 26.3 Å². The second kappa shape index (κ2) is 5.37. The number of carbonyl (C=O) groups excluding carboxylic acids is 1. The number of Topliss-reactive ketones (excluding diaryl/α,β-unsaturated/α-hetero) is 1. The summed E-state index contributed by atoms with van der Waals surface area (Å²) in [5, 5.41) is 0. The maximum Gasteiger partial charge on any atom is 0.187 e. The van der Waals surface area contributed by atoms with E-state index in [1.54, 1.807) is 19.1 Å². The van der Waals surface area contributed by atoms with Gasteiger partial charge in [-0.2, -0.15) is 0 Å². The Kier molecular flexibility index (Phi) is 4.42. The van der Waals surface area contributed by atoms with Crippen molar-refractivity contribution in [2.75, 3.05) is 5.88 Å². The molecule has 0 aliphatic rings. The van der Waals surface area contributed by atoms with Crippen molar-refractivity contribution in [2.45, 2.75) is 13.0 Å². The summed E-state index contributed by atoms with van der Waals surface area (Å²) < 4.78 is 6.34. The Morgan fingerprint density at radius 2 is 2.07 bits per heavy atom. The van der Waals surface area contributed by atoms with Crippen molar-refractivity contribution in [1.29, 1.82) is 0 Å². The molecule has 0 radical (unpaired) electrons. The van der Waals surface area contributed by atoms with E-state index in [0.717, 1.165) is 4.47 Å². The molecule has 0 aromatic heterocycles. The lowest BCUT2D eigenvalue weighted by Gasteiger charge is -2.11. The highest BCUT2D eigenvalue weighted by Gasteiger charge is 2.12. The molecule has 0 bridgehead atoms. The fourth-order valence-electron chi connectivity index (χ4n) is 0.892. The van der Waals surface area contributed by atoms with Crippen molar-refractivity contribution in [3.63, 3.8) is 0 Å². The zero-order valence-corrected chi connectivity index (χ0v) is 10.0. The highest BCUT2D eigenvalue weighted by atomic mass is 79.9. The first-order valence-corrected chi connectivity index (χ1v) is 5.47. The quantitative estimate of drug-likeness (QED) is 0.791.